The van der Waals surface area contributed by atoms with E-state index in [4.69, 9.17) is 32.9 Å². The van der Waals surface area contributed by atoms with Gasteiger partial charge in [0.1, 0.15) is 29.6 Å². The predicted molar refractivity (Wildman–Crippen MR) is 158 cm³/mol. The highest BCUT2D eigenvalue weighted by molar-refractivity contribution is 6.29. The fourth-order valence-electron chi connectivity index (χ4n) is 5.51. The number of hydrogen-bond acceptors (Lipinski definition) is 5. The summed E-state index contributed by atoms with van der Waals surface area (Å²) in [7, 11) is 0. The number of halogens is 4. The van der Waals surface area contributed by atoms with Crippen LogP contribution >= 0.6 is 0 Å². The first-order valence-electron chi connectivity index (χ1n) is 12.6. The smallest absolute Gasteiger partial charge is 0.250 e. The molecule has 0 bridgehead atoms. The van der Waals surface area contributed by atoms with E-state index in [9.17, 15) is 25.4 Å². The van der Waals surface area contributed by atoms with Crippen molar-refractivity contribution in [1.82, 2.24) is 4.98 Å². The zero-order chi connectivity index (χ0) is 35.0. The van der Waals surface area contributed by atoms with Gasteiger partial charge >= 0.3 is 0 Å². The van der Waals surface area contributed by atoms with Gasteiger partial charge in [-0.3, -0.25) is 4.85 Å². The average Bonchev–Trinajstić information content (AvgIpc) is 3.62. The number of nitrogens with zero attached hydrogens (tertiary/aromatic N) is 10. The van der Waals surface area contributed by atoms with Crippen molar-refractivity contribution < 1.29 is 17.6 Å². The maximum Gasteiger partial charge on any atom is 0.270 e. The number of benzene rings is 2. The summed E-state index contributed by atoms with van der Waals surface area (Å²) in [5.74, 6) is -5.50. The Bertz CT molecular complexity index is 2620. The monoisotopic (exact) mass is 628 g/mol. The number of allylic oxidation sites excluding steroid dienone is 7. The van der Waals surface area contributed by atoms with E-state index in [1.54, 1.807) is 12.1 Å². The molecule has 48 heavy (non-hydrogen) atoms. The van der Waals surface area contributed by atoms with Gasteiger partial charge < -0.3 is 0 Å². The molecule has 0 saturated carbocycles. The van der Waals surface area contributed by atoms with Crippen LogP contribution in [-0.4, -0.2) is 4.98 Å². The zero-order valence-electron chi connectivity index (χ0n) is 23.3. The van der Waals surface area contributed by atoms with E-state index in [2.05, 4.69) is 29.2 Å². The van der Waals surface area contributed by atoms with E-state index in [-0.39, 0.29) is 0 Å². The third-order valence-corrected chi connectivity index (χ3v) is 7.32. The summed E-state index contributed by atoms with van der Waals surface area (Å²) in [6.45, 7) is 37.7. The number of hydrogen-bond donors (Lipinski definition) is 0. The summed E-state index contributed by atoms with van der Waals surface area (Å²) in [4.78, 5) is 19.0. The van der Waals surface area contributed by atoms with Crippen LogP contribution in [0.5, 0.6) is 0 Å². The van der Waals surface area contributed by atoms with Crippen LogP contribution in [0.1, 0.15) is 38.9 Å². The van der Waals surface area contributed by atoms with E-state index in [1.165, 1.54) is 12.1 Å². The summed E-state index contributed by atoms with van der Waals surface area (Å²) in [6, 6.07) is 8.48. The number of aromatic nitrogens is 1. The number of pyridine rings is 1. The molecule has 0 atom stereocenters. The van der Waals surface area contributed by atoms with Crippen molar-refractivity contribution in [3.63, 3.8) is 0 Å². The molecule has 14 heteroatoms. The quantitative estimate of drug-likeness (QED) is 0.122. The summed E-state index contributed by atoms with van der Waals surface area (Å²) in [5, 5.41) is 39.7. The Morgan fingerprint density at radius 3 is 1.73 bits per heavy atom. The van der Waals surface area contributed by atoms with Crippen molar-refractivity contribution >= 4 is 44.9 Å². The third-order valence-electron chi connectivity index (χ3n) is 7.32. The number of nitriles is 4. The predicted octanol–water partition coefficient (Wildman–Crippen LogP) is 8.17. The molecule has 218 valence electrons. The van der Waals surface area contributed by atoms with Gasteiger partial charge in [-0.05, 0) is 22.8 Å². The second-order valence-electron chi connectivity index (χ2n) is 9.43. The fourth-order valence-corrected chi connectivity index (χ4v) is 5.51. The molecule has 1 heterocycles. The van der Waals surface area contributed by atoms with Crippen LogP contribution in [0.25, 0.3) is 57.8 Å². The Morgan fingerprint density at radius 1 is 0.646 bits per heavy atom. The highest BCUT2D eigenvalue weighted by atomic mass is 19.1. The summed E-state index contributed by atoms with van der Waals surface area (Å²) in [5.41, 5.74) is -12.3. The van der Waals surface area contributed by atoms with E-state index < -0.39 is 119 Å². The largest absolute Gasteiger partial charge is 0.270 e. The normalized spacial score (nSPS) is 14.4. The van der Waals surface area contributed by atoms with Crippen LogP contribution in [0.15, 0.2) is 35.8 Å². The first-order chi connectivity index (χ1) is 23.1. The van der Waals surface area contributed by atoms with Crippen molar-refractivity contribution in [2.24, 2.45) is 0 Å². The molecule has 0 unspecified atom stereocenters. The van der Waals surface area contributed by atoms with Crippen molar-refractivity contribution in [2.45, 2.75) is 0 Å². The van der Waals surface area contributed by atoms with Gasteiger partial charge in [0.05, 0.1) is 56.1 Å². The SMILES string of the molecule is [C-]#[N+]C1=C(c2cc([N+]#[C-])c([N+]#[C-])cc2F)/C(=C(/C#N)[N+]#[C-])c2c(F)c3c(c(F)c21)/C(=C(/C#N)[N+]#[C-])C(c1cc(F)ncc1C#N)=C3C#N. The molecular formula is C34H4F4N10. The van der Waals surface area contributed by atoms with E-state index in [1.807, 2.05) is 0 Å². The Labute approximate surface area is 267 Å². The fraction of sp³-hybridized carbons (Fsp3) is 0. The molecule has 2 aliphatic rings. The Balaban J connectivity index is 2.07. The van der Waals surface area contributed by atoms with Gasteiger partial charge in [0.25, 0.3) is 11.4 Å². The average molecular weight is 628 g/mol. The highest BCUT2D eigenvalue weighted by Gasteiger charge is 2.44. The second kappa shape index (κ2) is 11.6. The van der Waals surface area contributed by atoms with Gasteiger partial charge in [-0.25, -0.2) is 48.1 Å². The van der Waals surface area contributed by atoms with Crippen molar-refractivity contribution in [2.75, 3.05) is 0 Å². The Kier molecular flexibility index (Phi) is 7.55. The lowest BCUT2D eigenvalue weighted by molar-refractivity contribution is 0.583. The molecule has 0 fully saturated rings. The summed E-state index contributed by atoms with van der Waals surface area (Å²) in [6.07, 6.45) is 0.761. The standard InChI is InChI=1S/C34H4F4N10/c1-43-19-6-16(18(35)8-20(19)44-2)26-28(22(12-42)46-4)30-31(34(26)47-5)33(38)29-25(32(30)37)17(10-40)24(27(29)21(11-41)45-3)15-7-23(36)48-13-14(15)9-39/h6-8,13H/b27-21-,28-22+. The van der Waals surface area contributed by atoms with Gasteiger partial charge in [-0.2, -0.15) is 14.9 Å². The van der Waals surface area contributed by atoms with Gasteiger partial charge in [-0.15, -0.1) is 0 Å². The Hall–Kier alpha value is -8.32. The topological polar surface area (TPSA) is 130 Å². The van der Waals surface area contributed by atoms with Crippen LogP contribution in [0.2, 0.25) is 0 Å². The molecular weight excluding hydrogens is 624 g/mol. The van der Waals surface area contributed by atoms with Crippen LogP contribution in [0.3, 0.4) is 0 Å². The van der Waals surface area contributed by atoms with Crippen molar-refractivity contribution in [3.05, 3.63) is 155 Å². The number of rotatable bonds is 2. The lowest BCUT2D eigenvalue weighted by Crippen LogP contribution is -2.05. The van der Waals surface area contributed by atoms with Crippen molar-refractivity contribution in [1.29, 1.82) is 21.0 Å². The van der Waals surface area contributed by atoms with Gasteiger partial charge in [0, 0.05) is 51.2 Å². The molecule has 0 N–H and O–H groups in total. The molecule has 0 aliphatic heterocycles. The second-order valence-corrected chi connectivity index (χ2v) is 9.43. The van der Waals surface area contributed by atoms with Crippen LogP contribution < -0.4 is 0 Å². The lowest BCUT2D eigenvalue weighted by Gasteiger charge is -2.15. The first-order valence-corrected chi connectivity index (χ1v) is 12.6. The minimum Gasteiger partial charge on any atom is -0.250 e. The minimum atomic E-state index is -1.54. The number of fused-ring (bicyclic) bond motifs is 2. The Morgan fingerprint density at radius 2 is 1.21 bits per heavy atom. The molecule has 0 radical (unpaired) electrons. The molecule has 5 rings (SSSR count). The molecule has 2 aliphatic carbocycles. The van der Waals surface area contributed by atoms with E-state index in [0.29, 0.717) is 12.1 Å². The summed E-state index contributed by atoms with van der Waals surface area (Å²) >= 11 is 0. The van der Waals surface area contributed by atoms with Gasteiger partial charge in [-0.1, -0.05) is 6.07 Å². The molecule has 0 saturated heterocycles. The maximum atomic E-state index is 17.1. The van der Waals surface area contributed by atoms with Crippen molar-refractivity contribution in [3.8, 4) is 24.3 Å². The molecule has 3 aromatic rings. The molecule has 2 aromatic carbocycles. The molecule has 0 spiro atoms. The van der Waals surface area contributed by atoms with Crippen LogP contribution in [0, 0.1) is 102 Å². The molecule has 10 nitrogen and oxygen atoms in total. The summed E-state index contributed by atoms with van der Waals surface area (Å²) < 4.78 is 64.2. The first kappa shape index (κ1) is 31.1. The zero-order valence-corrected chi connectivity index (χ0v) is 23.3. The van der Waals surface area contributed by atoms with Crippen LogP contribution in [0.4, 0.5) is 28.9 Å². The van der Waals surface area contributed by atoms with Gasteiger partial charge in [0.2, 0.25) is 11.6 Å². The van der Waals surface area contributed by atoms with E-state index >= 15 is 13.2 Å². The highest BCUT2D eigenvalue weighted by Crippen LogP contribution is 2.58. The van der Waals surface area contributed by atoms with Crippen LogP contribution in [-0.2, 0) is 0 Å². The maximum absolute atomic E-state index is 17.1. The molecule has 0 amide bonds. The minimum absolute atomic E-state index is 0.404. The third kappa shape index (κ3) is 4.14. The lowest BCUT2D eigenvalue weighted by atomic mass is 9.90. The van der Waals surface area contributed by atoms with Gasteiger partial charge in [0.15, 0.2) is 11.4 Å². The van der Waals surface area contributed by atoms with E-state index in [0.717, 1.165) is 12.3 Å². The molecule has 1 aromatic heterocycles.